The van der Waals surface area contributed by atoms with Crippen LogP contribution in [-0.2, 0) is 6.54 Å². The molecule has 1 aromatic heterocycles. The van der Waals surface area contributed by atoms with Crippen molar-refractivity contribution in [2.45, 2.75) is 6.54 Å². The molecule has 0 radical (unpaired) electrons. The molecule has 0 unspecified atom stereocenters. The predicted octanol–water partition coefficient (Wildman–Crippen LogP) is 3.90. The van der Waals surface area contributed by atoms with E-state index in [0.29, 0.717) is 11.3 Å². The van der Waals surface area contributed by atoms with Gasteiger partial charge in [0, 0.05) is 17.7 Å². The van der Waals surface area contributed by atoms with E-state index in [1.54, 1.807) is 0 Å². The minimum absolute atomic E-state index is 0.0268. The van der Waals surface area contributed by atoms with Gasteiger partial charge < -0.3 is 10.5 Å². The standard InChI is InChI=1S/C18H9F5N4O/c19-9-3-7(28-17-14(22)10(20)4-11(21)15(17)23)1-2-8(9)16-13-12(5-25-16)26-6-27-18(13)24/h1-4,6H,5H2,(H2,24,26,27). The van der Waals surface area contributed by atoms with Crippen LogP contribution in [0, 0.1) is 29.1 Å². The summed E-state index contributed by atoms with van der Waals surface area (Å²) in [5.74, 6) is -9.17. The maximum absolute atomic E-state index is 14.6. The Morgan fingerprint density at radius 1 is 0.893 bits per heavy atom. The van der Waals surface area contributed by atoms with Crippen LogP contribution in [0.2, 0.25) is 0 Å². The number of hydrogen-bond donors (Lipinski definition) is 1. The Morgan fingerprint density at radius 3 is 2.29 bits per heavy atom. The monoisotopic (exact) mass is 392 g/mol. The van der Waals surface area contributed by atoms with Crippen molar-refractivity contribution in [1.29, 1.82) is 0 Å². The highest BCUT2D eigenvalue weighted by atomic mass is 19.2. The Hall–Kier alpha value is -3.56. The lowest BCUT2D eigenvalue weighted by atomic mass is 10.0. The minimum atomic E-state index is -1.73. The van der Waals surface area contributed by atoms with Crippen LogP contribution in [0.5, 0.6) is 11.5 Å². The van der Waals surface area contributed by atoms with E-state index in [2.05, 4.69) is 15.0 Å². The third-order valence-corrected chi connectivity index (χ3v) is 4.07. The average molecular weight is 392 g/mol. The molecule has 3 aromatic rings. The lowest BCUT2D eigenvalue weighted by Crippen LogP contribution is -2.09. The second-order valence-corrected chi connectivity index (χ2v) is 5.79. The second-order valence-electron chi connectivity index (χ2n) is 5.79. The molecule has 0 fully saturated rings. The van der Waals surface area contributed by atoms with Gasteiger partial charge in [0.05, 0.1) is 23.5 Å². The largest absolute Gasteiger partial charge is 0.451 e. The van der Waals surface area contributed by atoms with Crippen molar-refractivity contribution in [2.24, 2.45) is 4.99 Å². The number of nitrogen functional groups attached to an aromatic ring is 1. The fraction of sp³-hybridized carbons (Fsp3) is 0.0556. The van der Waals surface area contributed by atoms with Gasteiger partial charge in [-0.25, -0.2) is 23.1 Å². The SMILES string of the molecule is Nc1ncnc2c1C(c1ccc(Oc3c(F)c(F)cc(F)c3F)cc1F)=NC2. The van der Waals surface area contributed by atoms with Gasteiger partial charge in [-0.05, 0) is 12.1 Å². The molecule has 28 heavy (non-hydrogen) atoms. The third kappa shape index (κ3) is 2.82. The van der Waals surface area contributed by atoms with Crippen LogP contribution >= 0.6 is 0 Å². The molecule has 0 spiro atoms. The summed E-state index contributed by atoms with van der Waals surface area (Å²) >= 11 is 0. The third-order valence-electron chi connectivity index (χ3n) is 4.07. The Bertz CT molecular complexity index is 1120. The smallest absolute Gasteiger partial charge is 0.204 e. The molecule has 2 N–H and O–H groups in total. The molecule has 142 valence electrons. The van der Waals surface area contributed by atoms with Crippen LogP contribution in [0.1, 0.15) is 16.8 Å². The molecular formula is C18H9F5N4O. The first kappa shape index (κ1) is 17.8. The van der Waals surface area contributed by atoms with Gasteiger partial charge in [0.2, 0.25) is 17.4 Å². The highest BCUT2D eigenvalue weighted by Gasteiger charge is 2.25. The Morgan fingerprint density at radius 2 is 1.61 bits per heavy atom. The topological polar surface area (TPSA) is 73.4 Å². The maximum atomic E-state index is 14.6. The predicted molar refractivity (Wildman–Crippen MR) is 88.5 cm³/mol. The second kappa shape index (κ2) is 6.55. The summed E-state index contributed by atoms with van der Waals surface area (Å²) in [4.78, 5) is 12.1. The summed E-state index contributed by atoms with van der Waals surface area (Å²) in [7, 11) is 0. The number of nitrogens with two attached hydrogens (primary N) is 1. The zero-order valence-electron chi connectivity index (χ0n) is 13.8. The van der Waals surface area contributed by atoms with Crippen LogP contribution in [0.3, 0.4) is 0 Å². The number of benzene rings is 2. The quantitative estimate of drug-likeness (QED) is 0.542. The van der Waals surface area contributed by atoms with Crippen LogP contribution in [0.4, 0.5) is 27.8 Å². The summed E-state index contributed by atoms with van der Waals surface area (Å²) in [6.45, 7) is 0.189. The molecule has 0 aliphatic carbocycles. The summed E-state index contributed by atoms with van der Waals surface area (Å²) in [5, 5.41) is 0. The number of nitrogens with zero attached hydrogens (tertiary/aromatic N) is 3. The van der Waals surface area contributed by atoms with E-state index in [0.717, 1.165) is 6.07 Å². The van der Waals surface area contributed by atoms with Gasteiger partial charge in [-0.15, -0.1) is 0 Å². The lowest BCUT2D eigenvalue weighted by Gasteiger charge is -2.11. The molecule has 1 aliphatic rings. The molecule has 0 atom stereocenters. The number of aromatic nitrogens is 2. The fourth-order valence-corrected chi connectivity index (χ4v) is 2.78. The van der Waals surface area contributed by atoms with E-state index in [1.807, 2.05) is 0 Å². The van der Waals surface area contributed by atoms with E-state index in [9.17, 15) is 22.0 Å². The van der Waals surface area contributed by atoms with Crippen molar-refractivity contribution in [3.8, 4) is 11.5 Å². The minimum Gasteiger partial charge on any atom is -0.451 e. The molecule has 0 amide bonds. The van der Waals surface area contributed by atoms with Gasteiger partial charge >= 0.3 is 0 Å². The van der Waals surface area contributed by atoms with Crippen molar-refractivity contribution in [2.75, 3.05) is 5.73 Å². The summed E-state index contributed by atoms with van der Waals surface area (Å²) < 4.78 is 73.4. The summed E-state index contributed by atoms with van der Waals surface area (Å²) in [6.07, 6.45) is 1.27. The van der Waals surface area contributed by atoms with Crippen LogP contribution in [0.15, 0.2) is 35.6 Å². The number of ether oxygens (including phenoxy) is 1. The highest BCUT2D eigenvalue weighted by Crippen LogP contribution is 2.33. The number of aliphatic imine (C=N–C) groups is 1. The molecule has 0 saturated heterocycles. The molecule has 0 bridgehead atoms. The maximum Gasteiger partial charge on any atom is 0.204 e. The molecule has 1 aliphatic heterocycles. The Balaban J connectivity index is 1.70. The van der Waals surface area contributed by atoms with E-state index in [-0.39, 0.29) is 35.5 Å². The zero-order chi connectivity index (χ0) is 20.0. The van der Waals surface area contributed by atoms with Gasteiger partial charge in [-0.2, -0.15) is 8.78 Å². The number of halogens is 5. The number of hydrogen-bond acceptors (Lipinski definition) is 5. The molecule has 2 heterocycles. The van der Waals surface area contributed by atoms with Crippen LogP contribution in [0.25, 0.3) is 0 Å². The average Bonchev–Trinajstić information content (AvgIpc) is 3.09. The number of fused-ring (bicyclic) bond motifs is 1. The van der Waals surface area contributed by atoms with Crippen molar-refractivity contribution in [1.82, 2.24) is 9.97 Å². The molecule has 0 saturated carbocycles. The first-order chi connectivity index (χ1) is 13.4. The molecule has 2 aromatic carbocycles. The normalized spacial score (nSPS) is 12.7. The first-order valence-electron chi connectivity index (χ1n) is 7.81. The van der Waals surface area contributed by atoms with Gasteiger partial charge in [-0.3, -0.25) is 4.99 Å². The van der Waals surface area contributed by atoms with Crippen molar-refractivity contribution in [3.05, 3.63) is 76.5 Å². The van der Waals surface area contributed by atoms with Crippen LogP contribution < -0.4 is 10.5 Å². The Kier molecular flexibility index (Phi) is 4.17. The first-order valence-corrected chi connectivity index (χ1v) is 7.81. The van der Waals surface area contributed by atoms with E-state index >= 15 is 0 Å². The van der Waals surface area contributed by atoms with E-state index in [1.165, 1.54) is 18.5 Å². The van der Waals surface area contributed by atoms with E-state index < -0.39 is 34.8 Å². The number of rotatable bonds is 3. The van der Waals surface area contributed by atoms with E-state index in [4.69, 9.17) is 10.5 Å². The van der Waals surface area contributed by atoms with Gasteiger partial charge in [-0.1, -0.05) is 0 Å². The van der Waals surface area contributed by atoms with Crippen molar-refractivity contribution < 1.29 is 26.7 Å². The number of anilines is 1. The zero-order valence-corrected chi connectivity index (χ0v) is 13.8. The van der Waals surface area contributed by atoms with Gasteiger partial charge in [0.15, 0.2) is 11.6 Å². The fourth-order valence-electron chi connectivity index (χ4n) is 2.78. The van der Waals surface area contributed by atoms with Gasteiger partial charge in [0.25, 0.3) is 0 Å². The molecule has 10 heteroatoms. The Labute approximate surface area is 154 Å². The molecule has 4 rings (SSSR count). The highest BCUT2D eigenvalue weighted by molar-refractivity contribution is 6.17. The summed E-state index contributed by atoms with van der Waals surface area (Å²) in [5.41, 5.74) is 6.97. The summed E-state index contributed by atoms with van der Waals surface area (Å²) in [6, 6.07) is 3.25. The van der Waals surface area contributed by atoms with Crippen molar-refractivity contribution in [3.63, 3.8) is 0 Å². The lowest BCUT2D eigenvalue weighted by molar-refractivity contribution is 0.365. The molecular weight excluding hydrogens is 383 g/mol. The van der Waals surface area contributed by atoms with Crippen molar-refractivity contribution >= 4 is 11.5 Å². The van der Waals surface area contributed by atoms with Crippen LogP contribution in [-0.4, -0.2) is 15.7 Å². The molecule has 5 nitrogen and oxygen atoms in total. The van der Waals surface area contributed by atoms with Gasteiger partial charge in [0.1, 0.15) is 23.7 Å².